The molecule has 0 aliphatic heterocycles. The monoisotopic (exact) mass is 260 g/mol. The van der Waals surface area contributed by atoms with Crippen LogP contribution in [0.3, 0.4) is 0 Å². The van der Waals surface area contributed by atoms with Gasteiger partial charge in [-0.2, -0.15) is 0 Å². The third kappa shape index (κ3) is 3.80. The molecule has 1 atom stereocenters. The fraction of sp³-hybridized carbons (Fsp3) is 0.647. The van der Waals surface area contributed by atoms with E-state index in [0.717, 1.165) is 19.1 Å². The van der Waals surface area contributed by atoms with Gasteiger partial charge in [0.25, 0.3) is 0 Å². The first-order valence-corrected chi connectivity index (χ1v) is 7.53. The van der Waals surface area contributed by atoms with Crippen molar-refractivity contribution in [1.29, 1.82) is 0 Å². The Balaban J connectivity index is 2.11. The molecule has 1 aliphatic carbocycles. The van der Waals surface area contributed by atoms with Gasteiger partial charge in [-0.15, -0.1) is 0 Å². The van der Waals surface area contributed by atoms with Gasteiger partial charge in [0.15, 0.2) is 0 Å². The Morgan fingerprint density at radius 3 is 2.42 bits per heavy atom. The van der Waals surface area contributed by atoms with E-state index in [2.05, 4.69) is 68.4 Å². The highest BCUT2D eigenvalue weighted by Gasteiger charge is 2.35. The first kappa shape index (κ1) is 14.5. The third-order valence-electron chi connectivity index (χ3n) is 4.15. The molecular formula is C17H28N2. The smallest absolute Gasteiger partial charge is 0.0384 e. The van der Waals surface area contributed by atoms with Crippen LogP contribution in [0.25, 0.3) is 0 Å². The molecule has 2 rings (SSSR count). The Morgan fingerprint density at radius 2 is 1.89 bits per heavy atom. The van der Waals surface area contributed by atoms with E-state index in [9.17, 15) is 0 Å². The molecule has 1 aromatic rings. The molecule has 0 radical (unpaired) electrons. The first-order chi connectivity index (χ1) is 9.04. The quantitative estimate of drug-likeness (QED) is 0.807. The summed E-state index contributed by atoms with van der Waals surface area (Å²) in [6, 6.07) is 12.1. The summed E-state index contributed by atoms with van der Waals surface area (Å²) in [5.74, 6) is 0. The summed E-state index contributed by atoms with van der Waals surface area (Å²) < 4.78 is 0. The molecule has 19 heavy (non-hydrogen) atoms. The molecule has 1 fully saturated rings. The molecule has 1 unspecified atom stereocenters. The van der Waals surface area contributed by atoms with Crippen LogP contribution < -0.4 is 5.32 Å². The fourth-order valence-electron chi connectivity index (χ4n) is 3.07. The van der Waals surface area contributed by atoms with Gasteiger partial charge in [-0.1, -0.05) is 51.1 Å². The summed E-state index contributed by atoms with van der Waals surface area (Å²) in [7, 11) is 2.27. The standard InChI is InChI=1S/C17H28N2/c1-5-18-16(14-9-7-6-8-10-14)17(2,3)13-19(4)15-11-12-15/h6-10,15-16,18H,5,11-13H2,1-4H3. The first-order valence-electron chi connectivity index (χ1n) is 7.53. The zero-order valence-corrected chi connectivity index (χ0v) is 12.8. The Morgan fingerprint density at radius 1 is 1.26 bits per heavy atom. The summed E-state index contributed by atoms with van der Waals surface area (Å²) in [6.07, 6.45) is 2.76. The van der Waals surface area contributed by atoms with E-state index in [0.29, 0.717) is 6.04 Å². The minimum Gasteiger partial charge on any atom is -0.310 e. The zero-order chi connectivity index (χ0) is 13.9. The van der Waals surface area contributed by atoms with E-state index in [1.807, 2.05) is 0 Å². The maximum atomic E-state index is 3.68. The second-order valence-corrected chi connectivity index (χ2v) is 6.54. The maximum absolute atomic E-state index is 3.68. The Labute approximate surface area is 118 Å². The van der Waals surface area contributed by atoms with Gasteiger partial charge in [-0.3, -0.25) is 0 Å². The van der Waals surface area contributed by atoms with Crippen molar-refractivity contribution in [2.75, 3.05) is 20.1 Å². The second-order valence-electron chi connectivity index (χ2n) is 6.54. The lowest BCUT2D eigenvalue weighted by Crippen LogP contribution is -2.42. The molecule has 0 amide bonds. The highest BCUT2D eigenvalue weighted by atomic mass is 15.2. The van der Waals surface area contributed by atoms with E-state index in [4.69, 9.17) is 0 Å². The van der Waals surface area contributed by atoms with E-state index in [1.54, 1.807) is 0 Å². The van der Waals surface area contributed by atoms with Crippen LogP contribution >= 0.6 is 0 Å². The molecule has 0 heterocycles. The lowest BCUT2D eigenvalue weighted by molar-refractivity contribution is 0.152. The topological polar surface area (TPSA) is 15.3 Å². The molecule has 1 aliphatic rings. The van der Waals surface area contributed by atoms with Crippen molar-refractivity contribution in [3.63, 3.8) is 0 Å². The van der Waals surface area contributed by atoms with Gasteiger partial charge < -0.3 is 10.2 Å². The lowest BCUT2D eigenvalue weighted by atomic mass is 9.79. The number of nitrogens with zero attached hydrogens (tertiary/aromatic N) is 1. The van der Waals surface area contributed by atoms with Crippen LogP contribution in [-0.2, 0) is 0 Å². The van der Waals surface area contributed by atoms with E-state index < -0.39 is 0 Å². The number of hydrogen-bond acceptors (Lipinski definition) is 2. The van der Waals surface area contributed by atoms with Crippen molar-refractivity contribution in [2.24, 2.45) is 5.41 Å². The zero-order valence-electron chi connectivity index (χ0n) is 12.8. The van der Waals surface area contributed by atoms with Crippen LogP contribution in [0.2, 0.25) is 0 Å². The van der Waals surface area contributed by atoms with Crippen LogP contribution in [0.1, 0.15) is 45.2 Å². The molecule has 1 aromatic carbocycles. The summed E-state index contributed by atoms with van der Waals surface area (Å²) in [5.41, 5.74) is 1.63. The van der Waals surface area contributed by atoms with Crippen molar-refractivity contribution < 1.29 is 0 Å². The number of benzene rings is 1. The van der Waals surface area contributed by atoms with Crippen LogP contribution in [0, 0.1) is 5.41 Å². The van der Waals surface area contributed by atoms with Crippen molar-refractivity contribution in [3.8, 4) is 0 Å². The summed E-state index contributed by atoms with van der Waals surface area (Å²) in [5, 5.41) is 3.68. The molecule has 0 saturated heterocycles. The highest BCUT2D eigenvalue weighted by molar-refractivity contribution is 5.21. The normalized spacial score (nSPS) is 17.7. The minimum absolute atomic E-state index is 0.231. The predicted molar refractivity (Wildman–Crippen MR) is 82.3 cm³/mol. The minimum atomic E-state index is 0.231. The third-order valence-corrected chi connectivity index (χ3v) is 4.15. The lowest BCUT2D eigenvalue weighted by Gasteiger charge is -2.38. The van der Waals surface area contributed by atoms with Crippen molar-refractivity contribution in [3.05, 3.63) is 35.9 Å². The molecule has 106 valence electrons. The summed E-state index contributed by atoms with van der Waals surface area (Å²) >= 11 is 0. The van der Waals surface area contributed by atoms with Crippen LogP contribution in [0.15, 0.2) is 30.3 Å². The Bertz CT molecular complexity index is 382. The molecule has 1 saturated carbocycles. The second kappa shape index (κ2) is 6.06. The molecule has 1 N–H and O–H groups in total. The number of nitrogens with one attached hydrogen (secondary N) is 1. The van der Waals surface area contributed by atoms with Gasteiger partial charge in [-0.25, -0.2) is 0 Å². The van der Waals surface area contributed by atoms with Gasteiger partial charge in [0, 0.05) is 18.6 Å². The summed E-state index contributed by atoms with van der Waals surface area (Å²) in [6.45, 7) is 9.11. The van der Waals surface area contributed by atoms with E-state index >= 15 is 0 Å². The van der Waals surface area contributed by atoms with Crippen molar-refractivity contribution >= 4 is 0 Å². The Hall–Kier alpha value is -0.860. The maximum Gasteiger partial charge on any atom is 0.0384 e. The van der Waals surface area contributed by atoms with Gasteiger partial charge >= 0.3 is 0 Å². The van der Waals surface area contributed by atoms with Gasteiger partial charge in [0.05, 0.1) is 0 Å². The number of hydrogen-bond donors (Lipinski definition) is 1. The largest absolute Gasteiger partial charge is 0.310 e. The van der Waals surface area contributed by atoms with Crippen LogP contribution in [0.5, 0.6) is 0 Å². The SMILES string of the molecule is CCNC(c1ccccc1)C(C)(C)CN(C)C1CC1. The van der Waals surface area contributed by atoms with E-state index in [1.165, 1.54) is 18.4 Å². The average molecular weight is 260 g/mol. The number of rotatable bonds is 7. The fourth-order valence-corrected chi connectivity index (χ4v) is 3.07. The van der Waals surface area contributed by atoms with Gasteiger partial charge in [0.2, 0.25) is 0 Å². The Kier molecular flexibility index (Phi) is 4.64. The summed E-state index contributed by atoms with van der Waals surface area (Å²) in [4.78, 5) is 2.54. The highest BCUT2D eigenvalue weighted by Crippen LogP contribution is 2.36. The average Bonchev–Trinajstić information content (AvgIpc) is 3.20. The van der Waals surface area contributed by atoms with Crippen molar-refractivity contribution in [1.82, 2.24) is 10.2 Å². The van der Waals surface area contributed by atoms with Crippen molar-refractivity contribution in [2.45, 2.75) is 45.7 Å². The molecular weight excluding hydrogens is 232 g/mol. The molecule has 0 spiro atoms. The molecule has 0 bridgehead atoms. The van der Waals surface area contributed by atoms with Gasteiger partial charge in [0.1, 0.15) is 0 Å². The molecule has 2 heteroatoms. The van der Waals surface area contributed by atoms with Crippen LogP contribution in [-0.4, -0.2) is 31.1 Å². The molecule has 2 nitrogen and oxygen atoms in total. The van der Waals surface area contributed by atoms with E-state index in [-0.39, 0.29) is 5.41 Å². The van der Waals surface area contributed by atoms with Crippen LogP contribution in [0.4, 0.5) is 0 Å². The molecule has 0 aromatic heterocycles. The predicted octanol–water partition coefficient (Wildman–Crippen LogP) is 3.46. The van der Waals surface area contributed by atoms with Gasteiger partial charge in [-0.05, 0) is 37.4 Å².